The normalized spacial score (nSPS) is 12.0. The summed E-state index contributed by atoms with van der Waals surface area (Å²) in [6.07, 6.45) is 0.470. The van der Waals surface area contributed by atoms with Crippen molar-refractivity contribution in [1.82, 2.24) is 4.90 Å². The number of anilines is 1. The van der Waals surface area contributed by atoms with E-state index in [0.29, 0.717) is 24.0 Å². The van der Waals surface area contributed by atoms with Crippen molar-refractivity contribution in [2.75, 3.05) is 30.8 Å². The Labute approximate surface area is 141 Å². The maximum Gasteiger partial charge on any atom is 0.355 e. The summed E-state index contributed by atoms with van der Waals surface area (Å²) in [5, 5.41) is 0.538. The van der Waals surface area contributed by atoms with Crippen LogP contribution in [0.25, 0.3) is 11.0 Å². The Morgan fingerprint density at radius 3 is 2.54 bits per heavy atom. The molecule has 0 spiro atoms. The molecule has 0 amide bonds. The Morgan fingerprint density at radius 2 is 1.92 bits per heavy atom. The molecule has 7 nitrogen and oxygen atoms in total. The maximum absolute atomic E-state index is 12.5. The van der Waals surface area contributed by atoms with E-state index >= 15 is 0 Å². The SMILES string of the molecule is CCN(CC)CCCS(=O)(=O)c1cc2ccc(NN)cc2oc1=O. The van der Waals surface area contributed by atoms with Gasteiger partial charge in [-0.25, -0.2) is 13.2 Å². The predicted octanol–water partition coefficient (Wildman–Crippen LogP) is 1.58. The van der Waals surface area contributed by atoms with Gasteiger partial charge in [0, 0.05) is 11.5 Å². The lowest BCUT2D eigenvalue weighted by Gasteiger charge is -2.17. The van der Waals surface area contributed by atoms with Crippen LogP contribution in [0.4, 0.5) is 5.69 Å². The third-order valence-corrected chi connectivity index (χ3v) is 5.77. The molecule has 1 heterocycles. The highest BCUT2D eigenvalue weighted by atomic mass is 32.2. The van der Waals surface area contributed by atoms with Gasteiger partial charge in [-0.2, -0.15) is 0 Å². The van der Waals surface area contributed by atoms with Gasteiger partial charge in [-0.05, 0) is 44.3 Å². The first-order valence-electron chi connectivity index (χ1n) is 7.91. The zero-order valence-corrected chi connectivity index (χ0v) is 14.7. The summed E-state index contributed by atoms with van der Waals surface area (Å²) in [5.41, 5.74) is 2.46. The second-order valence-electron chi connectivity index (χ2n) is 5.49. The number of fused-ring (bicyclic) bond motifs is 1. The van der Waals surface area contributed by atoms with Crippen LogP contribution in [-0.4, -0.2) is 38.7 Å². The van der Waals surface area contributed by atoms with E-state index in [1.807, 2.05) is 13.8 Å². The first kappa shape index (κ1) is 18.4. The van der Waals surface area contributed by atoms with Crippen LogP contribution in [-0.2, 0) is 9.84 Å². The molecule has 0 saturated carbocycles. The van der Waals surface area contributed by atoms with E-state index < -0.39 is 15.5 Å². The zero-order valence-electron chi connectivity index (χ0n) is 13.9. The van der Waals surface area contributed by atoms with Crippen molar-refractivity contribution < 1.29 is 12.8 Å². The van der Waals surface area contributed by atoms with Gasteiger partial charge < -0.3 is 14.7 Å². The van der Waals surface area contributed by atoms with Crippen LogP contribution in [0.2, 0.25) is 0 Å². The third-order valence-electron chi connectivity index (χ3n) is 3.99. The summed E-state index contributed by atoms with van der Waals surface area (Å²) in [4.78, 5) is 13.9. The molecule has 132 valence electrons. The molecule has 2 aromatic rings. The number of hydrogen-bond donors (Lipinski definition) is 2. The average molecular weight is 353 g/mol. The molecule has 8 heteroatoms. The summed E-state index contributed by atoms with van der Waals surface area (Å²) >= 11 is 0. The Kier molecular flexibility index (Phi) is 5.98. The minimum absolute atomic E-state index is 0.0811. The van der Waals surface area contributed by atoms with E-state index in [1.165, 1.54) is 6.07 Å². The van der Waals surface area contributed by atoms with Crippen LogP contribution in [0.5, 0.6) is 0 Å². The van der Waals surface area contributed by atoms with Gasteiger partial charge in [0.15, 0.2) is 14.7 Å². The number of benzene rings is 1. The molecule has 0 saturated heterocycles. The van der Waals surface area contributed by atoms with Gasteiger partial charge in [-0.3, -0.25) is 5.84 Å². The quantitative estimate of drug-likeness (QED) is 0.422. The summed E-state index contributed by atoms with van der Waals surface area (Å²) in [6.45, 7) is 6.47. The molecule has 0 unspecified atom stereocenters. The van der Waals surface area contributed by atoms with Gasteiger partial charge in [0.1, 0.15) is 5.58 Å². The number of nitrogen functional groups attached to an aromatic ring is 1. The van der Waals surface area contributed by atoms with Crippen LogP contribution in [0.3, 0.4) is 0 Å². The molecule has 0 aliphatic heterocycles. The minimum Gasteiger partial charge on any atom is -0.422 e. The summed E-state index contributed by atoms with van der Waals surface area (Å²) in [6, 6.07) is 6.25. The largest absolute Gasteiger partial charge is 0.422 e. The number of hydrogen-bond acceptors (Lipinski definition) is 7. The Morgan fingerprint density at radius 1 is 1.21 bits per heavy atom. The number of rotatable bonds is 8. The van der Waals surface area contributed by atoms with Crippen molar-refractivity contribution in [1.29, 1.82) is 0 Å². The highest BCUT2D eigenvalue weighted by Gasteiger charge is 2.21. The number of nitrogens with zero attached hydrogens (tertiary/aromatic N) is 1. The second-order valence-corrected chi connectivity index (χ2v) is 7.57. The number of sulfone groups is 1. The predicted molar refractivity (Wildman–Crippen MR) is 94.8 cm³/mol. The lowest BCUT2D eigenvalue weighted by Crippen LogP contribution is -2.26. The van der Waals surface area contributed by atoms with E-state index in [-0.39, 0.29) is 16.2 Å². The van der Waals surface area contributed by atoms with Gasteiger partial charge in [0.05, 0.1) is 11.4 Å². The molecule has 0 aliphatic carbocycles. The van der Waals surface area contributed by atoms with Crippen LogP contribution >= 0.6 is 0 Å². The first-order valence-corrected chi connectivity index (χ1v) is 9.56. The van der Waals surface area contributed by atoms with Gasteiger partial charge in [0.25, 0.3) is 0 Å². The van der Waals surface area contributed by atoms with Crippen LogP contribution in [0, 0.1) is 0 Å². The molecule has 0 radical (unpaired) electrons. The summed E-state index contributed by atoms with van der Waals surface area (Å²) < 4.78 is 30.1. The molecule has 24 heavy (non-hydrogen) atoms. The fourth-order valence-corrected chi connectivity index (χ4v) is 3.86. The first-order chi connectivity index (χ1) is 11.4. The van der Waals surface area contributed by atoms with Crippen molar-refractivity contribution in [2.45, 2.75) is 25.2 Å². The Hall–Kier alpha value is -1.90. The van der Waals surface area contributed by atoms with Crippen molar-refractivity contribution in [3.05, 3.63) is 34.7 Å². The van der Waals surface area contributed by atoms with Crippen molar-refractivity contribution in [2.24, 2.45) is 5.84 Å². The molecule has 1 aromatic heterocycles. The molecule has 3 N–H and O–H groups in total. The second kappa shape index (κ2) is 7.78. The molecular formula is C16H23N3O4S. The van der Waals surface area contributed by atoms with Crippen LogP contribution in [0.15, 0.2) is 38.4 Å². The van der Waals surface area contributed by atoms with E-state index in [1.54, 1.807) is 18.2 Å². The van der Waals surface area contributed by atoms with Gasteiger partial charge in [0.2, 0.25) is 0 Å². The fourth-order valence-electron chi connectivity index (χ4n) is 2.53. The highest BCUT2D eigenvalue weighted by Crippen LogP contribution is 2.20. The molecule has 1 aromatic carbocycles. The number of hydrazine groups is 1. The van der Waals surface area contributed by atoms with E-state index in [4.69, 9.17) is 10.3 Å². The molecule has 0 aliphatic rings. The molecule has 0 bridgehead atoms. The highest BCUT2D eigenvalue weighted by molar-refractivity contribution is 7.91. The zero-order chi connectivity index (χ0) is 17.7. The summed E-state index contributed by atoms with van der Waals surface area (Å²) in [7, 11) is -3.68. The molecular weight excluding hydrogens is 330 g/mol. The van der Waals surface area contributed by atoms with Crippen LogP contribution in [0.1, 0.15) is 20.3 Å². The van der Waals surface area contributed by atoms with Crippen molar-refractivity contribution >= 4 is 26.5 Å². The maximum atomic E-state index is 12.5. The average Bonchev–Trinajstić information content (AvgIpc) is 2.57. The van der Waals surface area contributed by atoms with Crippen molar-refractivity contribution in [3.63, 3.8) is 0 Å². The molecule has 2 rings (SSSR count). The van der Waals surface area contributed by atoms with Crippen LogP contribution < -0.4 is 16.9 Å². The molecule has 0 atom stereocenters. The third kappa shape index (κ3) is 4.14. The monoisotopic (exact) mass is 353 g/mol. The van der Waals surface area contributed by atoms with Gasteiger partial charge >= 0.3 is 5.63 Å². The topological polar surface area (TPSA) is 106 Å². The lowest BCUT2D eigenvalue weighted by molar-refractivity contribution is 0.305. The Balaban J connectivity index is 2.26. The van der Waals surface area contributed by atoms with E-state index in [0.717, 1.165) is 13.1 Å². The number of nitrogens with two attached hydrogens (primary N) is 1. The fraction of sp³-hybridized carbons (Fsp3) is 0.438. The van der Waals surface area contributed by atoms with Gasteiger partial charge in [-0.15, -0.1) is 0 Å². The molecule has 0 fully saturated rings. The van der Waals surface area contributed by atoms with E-state index in [9.17, 15) is 13.2 Å². The minimum atomic E-state index is -3.68. The Bertz CT molecular complexity index is 857. The standard InChI is InChI=1S/C16H23N3O4S/c1-3-19(4-2)8-5-9-24(21,22)15-10-12-6-7-13(18-17)11-14(12)23-16(15)20/h6-7,10-11,18H,3-5,8-9,17H2,1-2H3. The lowest BCUT2D eigenvalue weighted by atomic mass is 10.2. The number of nitrogens with one attached hydrogen (secondary N) is 1. The van der Waals surface area contributed by atoms with E-state index in [2.05, 4.69) is 10.3 Å². The smallest absolute Gasteiger partial charge is 0.355 e. The summed E-state index contributed by atoms with van der Waals surface area (Å²) in [5.74, 6) is 5.23. The van der Waals surface area contributed by atoms with Crippen molar-refractivity contribution in [3.8, 4) is 0 Å². The van der Waals surface area contributed by atoms with Gasteiger partial charge in [-0.1, -0.05) is 13.8 Å².